The van der Waals surface area contributed by atoms with Gasteiger partial charge in [-0.2, -0.15) is 0 Å². The summed E-state index contributed by atoms with van der Waals surface area (Å²) >= 11 is 0. The summed E-state index contributed by atoms with van der Waals surface area (Å²) in [4.78, 5) is 0. The van der Waals surface area contributed by atoms with Crippen LogP contribution in [-0.2, 0) is 16.6 Å². The molecule has 2 rings (SSSR count). The van der Waals surface area contributed by atoms with Crippen LogP contribution < -0.4 is 11.3 Å². The Kier molecular flexibility index (Phi) is 4.61. The zero-order valence-corrected chi connectivity index (χ0v) is 12.3. The number of ether oxygens (including phenoxy) is 1. The molecule has 2 unspecified atom stereocenters. The van der Waals surface area contributed by atoms with Gasteiger partial charge in [0.15, 0.2) is 0 Å². The first-order chi connectivity index (χ1) is 9.00. The summed E-state index contributed by atoms with van der Waals surface area (Å²) in [7, 11) is 0. The fourth-order valence-electron chi connectivity index (χ4n) is 2.63. The fraction of sp³-hybridized carbons (Fsp3) is 0.625. The van der Waals surface area contributed by atoms with Crippen LogP contribution in [0.15, 0.2) is 24.3 Å². The Morgan fingerprint density at radius 1 is 1.32 bits per heavy atom. The van der Waals surface area contributed by atoms with E-state index in [1.165, 1.54) is 11.1 Å². The molecule has 3 nitrogen and oxygen atoms in total. The minimum atomic E-state index is 0.212. The van der Waals surface area contributed by atoms with Crippen LogP contribution in [0.5, 0.6) is 0 Å². The van der Waals surface area contributed by atoms with Gasteiger partial charge in [-0.25, -0.2) is 0 Å². The highest BCUT2D eigenvalue weighted by atomic mass is 16.5. The summed E-state index contributed by atoms with van der Waals surface area (Å²) in [5.74, 6) is 6.23. The van der Waals surface area contributed by atoms with Crippen LogP contribution >= 0.6 is 0 Å². The summed E-state index contributed by atoms with van der Waals surface area (Å²) < 4.78 is 5.45. The van der Waals surface area contributed by atoms with Crippen molar-refractivity contribution in [3.63, 3.8) is 0 Å². The van der Waals surface area contributed by atoms with Gasteiger partial charge in [-0.05, 0) is 29.4 Å². The van der Waals surface area contributed by atoms with Gasteiger partial charge in [-0.3, -0.25) is 11.3 Å². The molecule has 0 bridgehead atoms. The molecular weight excluding hydrogens is 236 g/mol. The van der Waals surface area contributed by atoms with E-state index >= 15 is 0 Å². The Labute approximate surface area is 116 Å². The molecule has 0 amide bonds. The second-order valence-electron chi connectivity index (χ2n) is 6.55. The monoisotopic (exact) mass is 262 g/mol. The van der Waals surface area contributed by atoms with Crippen molar-refractivity contribution < 1.29 is 4.74 Å². The highest BCUT2D eigenvalue weighted by Crippen LogP contribution is 2.24. The molecule has 1 aliphatic rings. The molecule has 0 aliphatic carbocycles. The first-order valence-corrected chi connectivity index (χ1v) is 7.14. The third kappa shape index (κ3) is 3.78. The van der Waals surface area contributed by atoms with Gasteiger partial charge in [-0.15, -0.1) is 0 Å². The van der Waals surface area contributed by atoms with E-state index in [0.29, 0.717) is 12.0 Å². The second kappa shape index (κ2) is 6.04. The van der Waals surface area contributed by atoms with E-state index in [4.69, 9.17) is 10.6 Å². The van der Waals surface area contributed by atoms with Gasteiger partial charge in [0.25, 0.3) is 0 Å². The van der Waals surface area contributed by atoms with Crippen molar-refractivity contribution in [1.82, 2.24) is 5.43 Å². The molecule has 1 heterocycles. The third-order valence-corrected chi connectivity index (χ3v) is 4.02. The fourth-order valence-corrected chi connectivity index (χ4v) is 2.63. The van der Waals surface area contributed by atoms with Crippen molar-refractivity contribution in [2.75, 3.05) is 13.2 Å². The van der Waals surface area contributed by atoms with Crippen LogP contribution in [0.2, 0.25) is 0 Å². The number of hydrazine groups is 1. The lowest BCUT2D eigenvalue weighted by atomic mass is 9.86. The molecule has 1 aromatic rings. The Hall–Kier alpha value is -0.900. The molecule has 1 aromatic carbocycles. The molecule has 106 valence electrons. The summed E-state index contributed by atoms with van der Waals surface area (Å²) in [6.45, 7) is 8.41. The highest BCUT2D eigenvalue weighted by Gasteiger charge is 2.25. The molecular formula is C16H26N2O. The van der Waals surface area contributed by atoms with Crippen molar-refractivity contribution in [1.29, 1.82) is 0 Å². The van der Waals surface area contributed by atoms with Gasteiger partial charge in [0.05, 0.1) is 6.61 Å². The maximum Gasteiger partial charge on any atom is 0.0510 e. The van der Waals surface area contributed by atoms with E-state index in [1.807, 2.05) is 0 Å². The van der Waals surface area contributed by atoms with Gasteiger partial charge in [0.2, 0.25) is 0 Å². The highest BCUT2D eigenvalue weighted by molar-refractivity contribution is 5.28. The van der Waals surface area contributed by atoms with Crippen molar-refractivity contribution in [2.24, 2.45) is 11.8 Å². The van der Waals surface area contributed by atoms with E-state index in [1.54, 1.807) is 0 Å². The quantitative estimate of drug-likeness (QED) is 0.647. The molecule has 1 aliphatic heterocycles. The molecule has 1 saturated heterocycles. The minimum Gasteiger partial charge on any atom is -0.381 e. The largest absolute Gasteiger partial charge is 0.381 e. The van der Waals surface area contributed by atoms with Gasteiger partial charge in [-0.1, -0.05) is 45.0 Å². The standard InChI is InChI=1S/C16H26N2O/c1-16(2,3)14-6-4-12(5-7-14)10-15(18-17)13-8-9-19-11-13/h4-7,13,15,18H,8-11,17H2,1-3H3. The Balaban J connectivity index is 2.01. The summed E-state index contributed by atoms with van der Waals surface area (Å²) in [5, 5.41) is 0. The van der Waals surface area contributed by atoms with Crippen molar-refractivity contribution in [3.05, 3.63) is 35.4 Å². The van der Waals surface area contributed by atoms with Crippen molar-refractivity contribution in [3.8, 4) is 0 Å². The third-order valence-electron chi connectivity index (χ3n) is 4.02. The normalized spacial score (nSPS) is 21.6. The molecule has 0 aromatic heterocycles. The summed E-state index contributed by atoms with van der Waals surface area (Å²) in [5.41, 5.74) is 5.88. The SMILES string of the molecule is CC(C)(C)c1ccc(CC(NN)C2CCOC2)cc1. The topological polar surface area (TPSA) is 47.3 Å². The number of hydrogen-bond donors (Lipinski definition) is 2. The second-order valence-corrected chi connectivity index (χ2v) is 6.55. The molecule has 0 saturated carbocycles. The van der Waals surface area contributed by atoms with Crippen molar-refractivity contribution in [2.45, 2.75) is 45.1 Å². The number of benzene rings is 1. The van der Waals surface area contributed by atoms with Crippen LogP contribution in [0, 0.1) is 5.92 Å². The number of nitrogens with two attached hydrogens (primary N) is 1. The molecule has 2 atom stereocenters. The summed E-state index contributed by atoms with van der Waals surface area (Å²) in [6.07, 6.45) is 2.07. The van der Waals surface area contributed by atoms with Crippen LogP contribution in [0.1, 0.15) is 38.3 Å². The van der Waals surface area contributed by atoms with Gasteiger partial charge in [0.1, 0.15) is 0 Å². The van der Waals surface area contributed by atoms with E-state index < -0.39 is 0 Å². The minimum absolute atomic E-state index is 0.212. The zero-order valence-electron chi connectivity index (χ0n) is 12.3. The average molecular weight is 262 g/mol. The maximum atomic E-state index is 5.69. The summed E-state index contributed by atoms with van der Waals surface area (Å²) in [6, 6.07) is 9.21. The number of rotatable bonds is 4. The van der Waals surface area contributed by atoms with E-state index in [-0.39, 0.29) is 5.41 Å². The smallest absolute Gasteiger partial charge is 0.0510 e. The molecule has 3 N–H and O–H groups in total. The Morgan fingerprint density at radius 2 is 2.00 bits per heavy atom. The van der Waals surface area contributed by atoms with Gasteiger partial charge in [0, 0.05) is 18.6 Å². The van der Waals surface area contributed by atoms with Crippen LogP contribution in [0.3, 0.4) is 0 Å². The number of hydrogen-bond acceptors (Lipinski definition) is 3. The molecule has 1 fully saturated rings. The average Bonchev–Trinajstić information content (AvgIpc) is 2.89. The molecule has 0 radical (unpaired) electrons. The van der Waals surface area contributed by atoms with Crippen LogP contribution in [0.4, 0.5) is 0 Å². The van der Waals surface area contributed by atoms with Crippen LogP contribution in [0.25, 0.3) is 0 Å². The lowest BCUT2D eigenvalue weighted by Gasteiger charge is -2.23. The molecule has 3 heteroatoms. The van der Waals surface area contributed by atoms with Gasteiger partial charge < -0.3 is 4.74 Å². The van der Waals surface area contributed by atoms with E-state index in [2.05, 4.69) is 50.5 Å². The van der Waals surface area contributed by atoms with Gasteiger partial charge >= 0.3 is 0 Å². The first-order valence-electron chi connectivity index (χ1n) is 7.14. The number of nitrogens with one attached hydrogen (secondary N) is 1. The Morgan fingerprint density at radius 3 is 2.47 bits per heavy atom. The predicted octanol–water partition coefficient (Wildman–Crippen LogP) is 2.40. The predicted molar refractivity (Wildman–Crippen MR) is 78.9 cm³/mol. The molecule has 0 spiro atoms. The van der Waals surface area contributed by atoms with Crippen molar-refractivity contribution >= 4 is 0 Å². The lowest BCUT2D eigenvalue weighted by molar-refractivity contribution is 0.176. The zero-order chi connectivity index (χ0) is 13.9. The maximum absolute atomic E-state index is 5.69. The lowest BCUT2D eigenvalue weighted by Crippen LogP contribution is -2.42. The Bertz CT molecular complexity index is 388. The van der Waals surface area contributed by atoms with E-state index in [0.717, 1.165) is 26.1 Å². The van der Waals surface area contributed by atoms with E-state index in [9.17, 15) is 0 Å². The molecule has 19 heavy (non-hydrogen) atoms. The van der Waals surface area contributed by atoms with Crippen LogP contribution in [-0.4, -0.2) is 19.3 Å². The first kappa shape index (κ1) is 14.5.